The highest BCUT2D eigenvalue weighted by atomic mass is 35.5. The third-order valence-corrected chi connectivity index (χ3v) is 1.71. The third kappa shape index (κ3) is 1.72. The van der Waals surface area contributed by atoms with Crippen LogP contribution in [0, 0.1) is 11.3 Å². The van der Waals surface area contributed by atoms with Crippen LogP contribution in [-0.4, -0.2) is 9.97 Å². The number of halogens is 1. The smallest absolute Gasteiger partial charge is 0.177 e. The Bertz CT molecular complexity index is 328. The summed E-state index contributed by atoms with van der Waals surface area (Å²) in [5.74, 6) is 0.280. The first-order valence-corrected chi connectivity index (χ1v) is 3.95. The van der Waals surface area contributed by atoms with Gasteiger partial charge in [0.25, 0.3) is 0 Å². The Kier molecular flexibility index (Phi) is 2.61. The minimum atomic E-state index is 0.182. The van der Waals surface area contributed by atoms with Crippen LogP contribution in [0.1, 0.15) is 31.2 Å². The summed E-state index contributed by atoms with van der Waals surface area (Å²) in [6.07, 6.45) is 1.58. The highest BCUT2D eigenvalue weighted by Gasteiger charge is 2.06. The van der Waals surface area contributed by atoms with Crippen LogP contribution in [0.25, 0.3) is 0 Å². The van der Waals surface area contributed by atoms with Gasteiger partial charge in [-0.25, -0.2) is 9.97 Å². The first-order chi connectivity index (χ1) is 5.65. The summed E-state index contributed by atoms with van der Waals surface area (Å²) < 4.78 is 0. The molecule has 0 unspecified atom stereocenters. The van der Waals surface area contributed by atoms with Crippen molar-refractivity contribution in [2.75, 3.05) is 0 Å². The molecule has 0 aliphatic heterocycles. The molecule has 0 radical (unpaired) electrons. The zero-order valence-electron chi connectivity index (χ0n) is 6.87. The van der Waals surface area contributed by atoms with Crippen molar-refractivity contribution in [2.24, 2.45) is 0 Å². The summed E-state index contributed by atoms with van der Waals surface area (Å²) in [6.45, 7) is 3.98. The second-order valence-electron chi connectivity index (χ2n) is 2.70. The lowest BCUT2D eigenvalue weighted by Crippen LogP contribution is -1.96. The van der Waals surface area contributed by atoms with E-state index >= 15 is 0 Å². The number of hydrogen-bond acceptors (Lipinski definition) is 3. The number of rotatable bonds is 1. The predicted octanol–water partition coefficient (Wildman–Crippen LogP) is 2.13. The molecular weight excluding hydrogens is 174 g/mol. The van der Waals surface area contributed by atoms with E-state index in [0.29, 0.717) is 0 Å². The van der Waals surface area contributed by atoms with Gasteiger partial charge >= 0.3 is 0 Å². The van der Waals surface area contributed by atoms with Gasteiger partial charge in [-0.3, -0.25) is 0 Å². The first kappa shape index (κ1) is 8.95. The minimum Gasteiger partial charge on any atom is -0.241 e. The van der Waals surface area contributed by atoms with Crippen LogP contribution in [-0.2, 0) is 0 Å². The highest BCUT2D eigenvalue weighted by Crippen LogP contribution is 2.15. The fourth-order valence-corrected chi connectivity index (χ4v) is 0.921. The molecule has 0 N–H and O–H groups in total. The Labute approximate surface area is 76.0 Å². The van der Waals surface area contributed by atoms with E-state index in [-0.39, 0.29) is 16.8 Å². The van der Waals surface area contributed by atoms with Crippen molar-refractivity contribution in [3.8, 4) is 6.07 Å². The van der Waals surface area contributed by atoms with Crippen molar-refractivity contribution in [3.05, 3.63) is 22.7 Å². The van der Waals surface area contributed by atoms with E-state index < -0.39 is 0 Å². The summed E-state index contributed by atoms with van der Waals surface area (Å²) in [6, 6.07) is 1.86. The van der Waals surface area contributed by atoms with Gasteiger partial charge in [0.05, 0.1) is 11.9 Å². The third-order valence-electron chi connectivity index (χ3n) is 1.45. The fourth-order valence-electron chi connectivity index (χ4n) is 0.732. The molecule has 0 bridgehead atoms. The van der Waals surface area contributed by atoms with E-state index in [2.05, 4.69) is 9.97 Å². The molecule has 0 aliphatic rings. The summed E-state index contributed by atoms with van der Waals surface area (Å²) in [5.41, 5.74) is 0.986. The van der Waals surface area contributed by atoms with Gasteiger partial charge in [0, 0.05) is 0 Å². The molecule has 0 fully saturated rings. The monoisotopic (exact) mass is 181 g/mol. The molecule has 12 heavy (non-hydrogen) atoms. The summed E-state index contributed by atoms with van der Waals surface area (Å²) in [4.78, 5) is 7.89. The van der Waals surface area contributed by atoms with Crippen molar-refractivity contribution in [1.29, 1.82) is 5.26 Å². The zero-order chi connectivity index (χ0) is 9.14. The van der Waals surface area contributed by atoms with Crippen molar-refractivity contribution >= 4 is 11.6 Å². The largest absolute Gasteiger partial charge is 0.241 e. The SMILES string of the molecule is CC(C)c1cnc(C#N)c(Cl)n1. The molecule has 1 aromatic heterocycles. The Morgan fingerprint density at radius 1 is 1.58 bits per heavy atom. The zero-order valence-corrected chi connectivity index (χ0v) is 7.63. The Hall–Kier alpha value is -1.14. The van der Waals surface area contributed by atoms with E-state index in [4.69, 9.17) is 16.9 Å². The Morgan fingerprint density at radius 2 is 2.25 bits per heavy atom. The maximum Gasteiger partial charge on any atom is 0.177 e. The molecule has 1 rings (SSSR count). The van der Waals surface area contributed by atoms with Crippen LogP contribution in [0.3, 0.4) is 0 Å². The van der Waals surface area contributed by atoms with E-state index in [1.54, 1.807) is 6.20 Å². The van der Waals surface area contributed by atoms with Crippen molar-refractivity contribution < 1.29 is 0 Å². The molecule has 3 nitrogen and oxygen atoms in total. The predicted molar refractivity (Wildman–Crippen MR) is 45.8 cm³/mol. The topological polar surface area (TPSA) is 49.6 Å². The molecule has 0 amide bonds. The summed E-state index contributed by atoms with van der Waals surface area (Å²) in [5, 5.41) is 8.69. The van der Waals surface area contributed by atoms with Gasteiger partial charge < -0.3 is 0 Å². The van der Waals surface area contributed by atoms with Gasteiger partial charge in [-0.2, -0.15) is 5.26 Å². The molecule has 1 heterocycles. The maximum atomic E-state index is 8.51. The van der Waals surface area contributed by atoms with Gasteiger partial charge in [0.1, 0.15) is 6.07 Å². The number of nitriles is 1. The van der Waals surface area contributed by atoms with Crippen molar-refractivity contribution in [3.63, 3.8) is 0 Å². The molecule has 0 saturated carbocycles. The molecule has 0 spiro atoms. The molecular formula is C8H8ClN3. The lowest BCUT2D eigenvalue weighted by molar-refractivity contribution is 0.810. The molecule has 1 aromatic rings. The van der Waals surface area contributed by atoms with E-state index in [1.165, 1.54) is 0 Å². The van der Waals surface area contributed by atoms with E-state index in [1.807, 2.05) is 19.9 Å². The van der Waals surface area contributed by atoms with Crippen molar-refractivity contribution in [1.82, 2.24) is 9.97 Å². The molecule has 0 aliphatic carbocycles. The van der Waals surface area contributed by atoms with Crippen LogP contribution >= 0.6 is 11.6 Å². The fraction of sp³-hybridized carbons (Fsp3) is 0.375. The molecule has 4 heteroatoms. The molecule has 0 saturated heterocycles. The normalized spacial score (nSPS) is 9.92. The quantitative estimate of drug-likeness (QED) is 0.667. The number of hydrogen-bond donors (Lipinski definition) is 0. The van der Waals surface area contributed by atoms with Crippen LogP contribution in [0.2, 0.25) is 5.15 Å². The first-order valence-electron chi connectivity index (χ1n) is 3.57. The summed E-state index contributed by atoms with van der Waals surface area (Å²) in [7, 11) is 0. The van der Waals surface area contributed by atoms with Gasteiger partial charge in [-0.15, -0.1) is 0 Å². The van der Waals surface area contributed by atoms with E-state index in [9.17, 15) is 0 Å². The average molecular weight is 182 g/mol. The van der Waals surface area contributed by atoms with Crippen LogP contribution < -0.4 is 0 Å². The molecule has 0 atom stereocenters. The van der Waals surface area contributed by atoms with Gasteiger partial charge in [-0.05, 0) is 5.92 Å². The Morgan fingerprint density at radius 3 is 2.67 bits per heavy atom. The second-order valence-corrected chi connectivity index (χ2v) is 3.06. The average Bonchev–Trinajstić information content (AvgIpc) is 2.04. The standard InChI is InChI=1S/C8H8ClN3/c1-5(2)7-4-11-6(3-10)8(9)12-7/h4-5H,1-2H3. The lowest BCUT2D eigenvalue weighted by Gasteiger charge is -2.03. The van der Waals surface area contributed by atoms with E-state index in [0.717, 1.165) is 5.69 Å². The van der Waals surface area contributed by atoms with Crippen molar-refractivity contribution in [2.45, 2.75) is 19.8 Å². The number of nitrogens with zero attached hydrogens (tertiary/aromatic N) is 3. The van der Waals surface area contributed by atoms with Gasteiger partial charge in [0.15, 0.2) is 10.8 Å². The summed E-state index contributed by atoms with van der Waals surface area (Å²) >= 11 is 5.68. The minimum absolute atomic E-state index is 0.182. The van der Waals surface area contributed by atoms with Crippen LogP contribution in [0.5, 0.6) is 0 Å². The highest BCUT2D eigenvalue weighted by molar-refractivity contribution is 6.30. The Balaban J connectivity index is 3.12. The van der Waals surface area contributed by atoms with Gasteiger partial charge in [0.2, 0.25) is 0 Å². The number of aromatic nitrogens is 2. The van der Waals surface area contributed by atoms with Gasteiger partial charge in [-0.1, -0.05) is 25.4 Å². The van der Waals surface area contributed by atoms with Crippen LogP contribution in [0.4, 0.5) is 0 Å². The second kappa shape index (κ2) is 3.51. The molecule has 62 valence electrons. The lowest BCUT2D eigenvalue weighted by atomic mass is 10.1. The maximum absolute atomic E-state index is 8.51. The molecule has 0 aromatic carbocycles. The van der Waals surface area contributed by atoms with Crippen LogP contribution in [0.15, 0.2) is 6.20 Å².